The highest BCUT2D eigenvalue weighted by molar-refractivity contribution is 5.79. The zero-order valence-electron chi connectivity index (χ0n) is 10.9. The SMILES string of the molecule is CC(C)CC(=O)COCCCC(C)(C)C. The van der Waals surface area contributed by atoms with Crippen molar-refractivity contribution in [2.45, 2.75) is 53.9 Å². The molecule has 15 heavy (non-hydrogen) atoms. The summed E-state index contributed by atoms with van der Waals surface area (Å²) in [6.07, 6.45) is 2.82. The summed E-state index contributed by atoms with van der Waals surface area (Å²) in [7, 11) is 0. The first-order chi connectivity index (χ1) is 6.81. The third kappa shape index (κ3) is 11.6. The second kappa shape index (κ2) is 7.00. The van der Waals surface area contributed by atoms with E-state index < -0.39 is 0 Å². The molecule has 0 fully saturated rings. The van der Waals surface area contributed by atoms with E-state index in [0.717, 1.165) is 12.8 Å². The van der Waals surface area contributed by atoms with Crippen LogP contribution in [0.2, 0.25) is 0 Å². The van der Waals surface area contributed by atoms with Crippen molar-refractivity contribution in [2.75, 3.05) is 13.2 Å². The van der Waals surface area contributed by atoms with Gasteiger partial charge in [0, 0.05) is 13.0 Å². The number of ketones is 1. The molecule has 0 atom stereocenters. The van der Waals surface area contributed by atoms with E-state index in [0.29, 0.717) is 31.0 Å². The number of hydrogen-bond acceptors (Lipinski definition) is 2. The fraction of sp³-hybridized carbons (Fsp3) is 0.923. The van der Waals surface area contributed by atoms with Gasteiger partial charge in [0.05, 0.1) is 0 Å². The van der Waals surface area contributed by atoms with Gasteiger partial charge in [0.1, 0.15) is 6.61 Å². The van der Waals surface area contributed by atoms with Gasteiger partial charge in [0.25, 0.3) is 0 Å². The molecule has 0 saturated heterocycles. The summed E-state index contributed by atoms with van der Waals surface area (Å²) in [5, 5.41) is 0. The Bertz CT molecular complexity index is 177. The van der Waals surface area contributed by atoms with E-state index in [1.807, 2.05) is 0 Å². The van der Waals surface area contributed by atoms with Crippen LogP contribution in [0.5, 0.6) is 0 Å². The minimum absolute atomic E-state index is 0.223. The predicted octanol–water partition coefficient (Wildman–Crippen LogP) is 3.44. The van der Waals surface area contributed by atoms with Crippen LogP contribution in [0.1, 0.15) is 53.9 Å². The monoisotopic (exact) mass is 214 g/mol. The highest BCUT2D eigenvalue weighted by Gasteiger charge is 2.09. The highest BCUT2D eigenvalue weighted by Crippen LogP contribution is 2.20. The minimum Gasteiger partial charge on any atom is -0.374 e. The van der Waals surface area contributed by atoms with Gasteiger partial charge in [-0.1, -0.05) is 34.6 Å². The average Bonchev–Trinajstić information content (AvgIpc) is 1.99. The van der Waals surface area contributed by atoms with Gasteiger partial charge in [0.15, 0.2) is 5.78 Å². The Labute approximate surface area is 94.4 Å². The number of carbonyl (C=O) groups is 1. The van der Waals surface area contributed by atoms with Crippen LogP contribution in [0.15, 0.2) is 0 Å². The lowest BCUT2D eigenvalue weighted by Gasteiger charge is -2.17. The molecule has 2 heteroatoms. The van der Waals surface area contributed by atoms with E-state index in [1.165, 1.54) is 0 Å². The summed E-state index contributed by atoms with van der Waals surface area (Å²) in [5.41, 5.74) is 0.366. The summed E-state index contributed by atoms with van der Waals surface area (Å²) >= 11 is 0. The Hall–Kier alpha value is -0.370. The van der Waals surface area contributed by atoms with Crippen molar-refractivity contribution in [3.8, 4) is 0 Å². The van der Waals surface area contributed by atoms with Crippen molar-refractivity contribution in [3.05, 3.63) is 0 Å². The molecule has 0 spiro atoms. The summed E-state index contributed by atoms with van der Waals surface area (Å²) in [6.45, 7) is 11.8. The largest absolute Gasteiger partial charge is 0.374 e. The van der Waals surface area contributed by atoms with Crippen LogP contribution in [0.4, 0.5) is 0 Å². The Balaban J connectivity index is 3.35. The van der Waals surface area contributed by atoms with Crippen molar-refractivity contribution in [2.24, 2.45) is 11.3 Å². The molecule has 0 rings (SSSR count). The summed E-state index contributed by atoms with van der Waals surface area (Å²) in [4.78, 5) is 11.3. The number of ether oxygens (including phenoxy) is 1. The highest BCUT2D eigenvalue weighted by atomic mass is 16.5. The first kappa shape index (κ1) is 14.6. The second-order valence-corrected chi connectivity index (χ2v) is 5.85. The van der Waals surface area contributed by atoms with E-state index >= 15 is 0 Å². The topological polar surface area (TPSA) is 26.3 Å². The van der Waals surface area contributed by atoms with Crippen LogP contribution in [-0.2, 0) is 9.53 Å². The molecule has 0 aliphatic heterocycles. The predicted molar refractivity (Wildman–Crippen MR) is 64.0 cm³/mol. The molecule has 0 unspecified atom stereocenters. The molecular formula is C13H26O2. The van der Waals surface area contributed by atoms with Crippen LogP contribution in [0.3, 0.4) is 0 Å². The maximum Gasteiger partial charge on any atom is 0.158 e. The van der Waals surface area contributed by atoms with Crippen LogP contribution >= 0.6 is 0 Å². The lowest BCUT2D eigenvalue weighted by atomic mass is 9.91. The molecule has 0 aromatic rings. The Kier molecular flexibility index (Phi) is 6.82. The molecule has 0 radical (unpaired) electrons. The maximum atomic E-state index is 11.3. The minimum atomic E-state index is 0.223. The molecule has 0 N–H and O–H groups in total. The van der Waals surface area contributed by atoms with E-state index in [-0.39, 0.29) is 5.78 Å². The van der Waals surface area contributed by atoms with E-state index in [4.69, 9.17) is 4.74 Å². The molecule has 0 saturated carbocycles. The molecule has 2 nitrogen and oxygen atoms in total. The fourth-order valence-electron chi connectivity index (χ4n) is 1.40. The number of hydrogen-bond donors (Lipinski definition) is 0. The standard InChI is InChI=1S/C13H26O2/c1-11(2)9-12(14)10-15-8-6-7-13(3,4)5/h11H,6-10H2,1-5H3. The quantitative estimate of drug-likeness (QED) is 0.607. The van der Waals surface area contributed by atoms with Gasteiger partial charge in [0.2, 0.25) is 0 Å². The molecule has 0 aliphatic rings. The number of carbonyl (C=O) groups excluding carboxylic acids is 1. The van der Waals surface area contributed by atoms with E-state index in [9.17, 15) is 4.79 Å². The first-order valence-corrected chi connectivity index (χ1v) is 5.91. The van der Waals surface area contributed by atoms with Crippen molar-refractivity contribution >= 4 is 5.78 Å². The Morgan fingerprint density at radius 1 is 1.27 bits per heavy atom. The molecule has 0 amide bonds. The molecular weight excluding hydrogens is 188 g/mol. The van der Waals surface area contributed by atoms with Crippen molar-refractivity contribution < 1.29 is 9.53 Å². The van der Waals surface area contributed by atoms with Crippen LogP contribution in [-0.4, -0.2) is 19.0 Å². The van der Waals surface area contributed by atoms with Gasteiger partial charge in [-0.3, -0.25) is 4.79 Å². The van der Waals surface area contributed by atoms with Gasteiger partial charge in [-0.15, -0.1) is 0 Å². The Morgan fingerprint density at radius 3 is 2.33 bits per heavy atom. The normalized spacial score (nSPS) is 12.1. The summed E-state index contributed by atoms with van der Waals surface area (Å²) in [5.74, 6) is 0.663. The first-order valence-electron chi connectivity index (χ1n) is 5.91. The molecule has 0 aromatic carbocycles. The van der Waals surface area contributed by atoms with Gasteiger partial charge < -0.3 is 4.74 Å². The van der Waals surface area contributed by atoms with Gasteiger partial charge in [-0.05, 0) is 24.2 Å². The van der Waals surface area contributed by atoms with Crippen LogP contribution < -0.4 is 0 Å². The van der Waals surface area contributed by atoms with Gasteiger partial charge in [-0.2, -0.15) is 0 Å². The van der Waals surface area contributed by atoms with Crippen molar-refractivity contribution in [1.29, 1.82) is 0 Å². The molecule has 0 aromatic heterocycles. The molecule has 0 heterocycles. The lowest BCUT2D eigenvalue weighted by molar-refractivity contribution is -0.124. The zero-order valence-corrected chi connectivity index (χ0v) is 10.9. The molecule has 0 aliphatic carbocycles. The lowest BCUT2D eigenvalue weighted by Crippen LogP contribution is -2.13. The summed E-state index contributed by atoms with van der Waals surface area (Å²) < 4.78 is 5.34. The van der Waals surface area contributed by atoms with E-state index in [1.54, 1.807) is 0 Å². The Morgan fingerprint density at radius 2 is 1.87 bits per heavy atom. The van der Waals surface area contributed by atoms with Crippen LogP contribution in [0, 0.1) is 11.3 Å². The number of rotatable bonds is 7. The smallest absolute Gasteiger partial charge is 0.158 e. The van der Waals surface area contributed by atoms with Crippen molar-refractivity contribution in [1.82, 2.24) is 0 Å². The number of Topliss-reactive ketones (excluding diaryl/α,β-unsaturated/α-hetero) is 1. The van der Waals surface area contributed by atoms with E-state index in [2.05, 4.69) is 34.6 Å². The zero-order chi connectivity index (χ0) is 11.9. The third-order valence-corrected chi connectivity index (χ3v) is 2.11. The fourth-order valence-corrected chi connectivity index (χ4v) is 1.40. The van der Waals surface area contributed by atoms with Crippen molar-refractivity contribution in [3.63, 3.8) is 0 Å². The van der Waals surface area contributed by atoms with Crippen LogP contribution in [0.25, 0.3) is 0 Å². The summed E-state index contributed by atoms with van der Waals surface area (Å²) in [6, 6.07) is 0. The van der Waals surface area contributed by atoms with Gasteiger partial charge in [-0.25, -0.2) is 0 Å². The maximum absolute atomic E-state index is 11.3. The average molecular weight is 214 g/mol. The molecule has 0 bridgehead atoms. The second-order valence-electron chi connectivity index (χ2n) is 5.85. The molecule has 90 valence electrons. The third-order valence-electron chi connectivity index (χ3n) is 2.11. The van der Waals surface area contributed by atoms with Gasteiger partial charge >= 0.3 is 0 Å².